The molecule has 204 valence electrons. The standard InChI is InChI=1S/C28H27ClN8O3/c1-17(38)35-8-10-36(11-9-35)20-6-4-19(5-7-20)32-28-30-15-18-12-23(27-34-31-16-37(27)26(18)33-28)22-13-21(39-2)14-24(40-3)25(22)29/h4-7,12-16H,8-11H2,1-3H3,(H,30,32,33). The van der Waals surface area contributed by atoms with Gasteiger partial charge < -0.3 is 24.6 Å². The average molecular weight is 559 g/mol. The maximum atomic E-state index is 11.6. The smallest absolute Gasteiger partial charge is 0.229 e. The molecule has 11 nitrogen and oxygen atoms in total. The largest absolute Gasteiger partial charge is 0.497 e. The Hall–Kier alpha value is -4.64. The molecule has 3 aromatic heterocycles. The maximum absolute atomic E-state index is 11.6. The molecule has 0 spiro atoms. The Kier molecular flexibility index (Phi) is 6.72. The summed E-state index contributed by atoms with van der Waals surface area (Å²) in [5.41, 5.74) is 4.65. The number of rotatable bonds is 6. The highest BCUT2D eigenvalue weighted by atomic mass is 35.5. The summed E-state index contributed by atoms with van der Waals surface area (Å²) < 4.78 is 12.7. The second-order valence-corrected chi connectivity index (χ2v) is 9.79. The molecular formula is C28H27ClN8O3. The minimum Gasteiger partial charge on any atom is -0.497 e. The second-order valence-electron chi connectivity index (χ2n) is 9.41. The summed E-state index contributed by atoms with van der Waals surface area (Å²) in [7, 11) is 3.15. The third kappa shape index (κ3) is 4.68. The summed E-state index contributed by atoms with van der Waals surface area (Å²) >= 11 is 6.69. The topological polar surface area (TPSA) is 110 Å². The number of nitrogens with zero attached hydrogens (tertiary/aromatic N) is 7. The van der Waals surface area contributed by atoms with Gasteiger partial charge in [0.1, 0.15) is 17.8 Å². The summed E-state index contributed by atoms with van der Waals surface area (Å²) in [5, 5.41) is 13.0. The molecule has 2 aromatic carbocycles. The predicted molar refractivity (Wildman–Crippen MR) is 154 cm³/mol. The Labute approximate surface area is 235 Å². The summed E-state index contributed by atoms with van der Waals surface area (Å²) in [6.07, 6.45) is 3.37. The van der Waals surface area contributed by atoms with Crippen molar-refractivity contribution in [2.45, 2.75) is 6.92 Å². The number of carbonyl (C=O) groups is 1. The molecule has 40 heavy (non-hydrogen) atoms. The number of piperazine rings is 1. The summed E-state index contributed by atoms with van der Waals surface area (Å²) in [6, 6.07) is 13.6. The molecule has 1 fully saturated rings. The number of methoxy groups -OCH3 is 2. The molecule has 5 aromatic rings. The highest BCUT2D eigenvalue weighted by molar-refractivity contribution is 6.35. The SMILES string of the molecule is COc1cc(OC)c(Cl)c(-c2cc3cnc(Nc4ccc(N5CCN(C(C)=O)CC5)cc4)nc3n3cnnc23)c1. The van der Waals surface area contributed by atoms with Gasteiger partial charge in [-0.2, -0.15) is 4.98 Å². The Bertz CT molecular complexity index is 1720. The second kappa shape index (κ2) is 10.5. The van der Waals surface area contributed by atoms with E-state index in [9.17, 15) is 4.79 Å². The highest BCUT2D eigenvalue weighted by Crippen LogP contribution is 2.41. The number of amides is 1. The van der Waals surface area contributed by atoms with Crippen molar-refractivity contribution in [1.82, 2.24) is 29.5 Å². The van der Waals surface area contributed by atoms with Crippen molar-refractivity contribution in [3.63, 3.8) is 0 Å². The molecule has 1 aliphatic heterocycles. The molecule has 6 rings (SSSR count). The molecule has 0 unspecified atom stereocenters. The van der Waals surface area contributed by atoms with Gasteiger partial charge in [0.25, 0.3) is 0 Å². The van der Waals surface area contributed by atoms with Crippen molar-refractivity contribution in [2.24, 2.45) is 0 Å². The van der Waals surface area contributed by atoms with E-state index in [1.54, 1.807) is 39.7 Å². The van der Waals surface area contributed by atoms with Crippen molar-refractivity contribution >= 4 is 51.5 Å². The third-order valence-corrected chi connectivity index (χ3v) is 7.47. The van der Waals surface area contributed by atoms with Crippen LogP contribution in [-0.2, 0) is 4.79 Å². The first-order valence-electron chi connectivity index (χ1n) is 12.7. The Balaban J connectivity index is 1.29. The Morgan fingerprint density at radius 3 is 2.45 bits per heavy atom. The van der Waals surface area contributed by atoms with Crippen molar-refractivity contribution in [3.8, 4) is 22.6 Å². The number of nitrogens with one attached hydrogen (secondary N) is 1. The van der Waals surface area contributed by atoms with Gasteiger partial charge in [-0.3, -0.25) is 9.20 Å². The van der Waals surface area contributed by atoms with E-state index < -0.39 is 0 Å². The lowest BCUT2D eigenvalue weighted by Crippen LogP contribution is -2.48. The van der Waals surface area contributed by atoms with Crippen molar-refractivity contribution in [1.29, 1.82) is 0 Å². The molecule has 0 atom stereocenters. The van der Waals surface area contributed by atoms with E-state index in [4.69, 9.17) is 26.1 Å². The first-order chi connectivity index (χ1) is 19.4. The van der Waals surface area contributed by atoms with Crippen LogP contribution in [-0.4, -0.2) is 75.8 Å². The minimum atomic E-state index is 0.124. The Morgan fingerprint density at radius 2 is 1.75 bits per heavy atom. The van der Waals surface area contributed by atoms with Crippen molar-refractivity contribution in [2.75, 3.05) is 50.6 Å². The molecule has 1 N–H and O–H groups in total. The molecule has 4 heterocycles. The van der Waals surface area contributed by atoms with Gasteiger partial charge >= 0.3 is 0 Å². The molecule has 12 heteroatoms. The molecule has 0 aliphatic carbocycles. The fourth-order valence-electron chi connectivity index (χ4n) is 4.93. The number of benzene rings is 2. The number of ether oxygens (including phenoxy) is 2. The van der Waals surface area contributed by atoms with E-state index in [0.29, 0.717) is 39.3 Å². The number of aromatic nitrogens is 5. The van der Waals surface area contributed by atoms with Crippen molar-refractivity contribution < 1.29 is 14.3 Å². The fourth-order valence-corrected chi connectivity index (χ4v) is 5.22. The van der Waals surface area contributed by atoms with Crippen LogP contribution in [0, 0.1) is 0 Å². The van der Waals surface area contributed by atoms with E-state index in [1.807, 2.05) is 33.6 Å². The summed E-state index contributed by atoms with van der Waals surface area (Å²) in [4.78, 5) is 25.1. The van der Waals surface area contributed by atoms with Gasteiger partial charge in [-0.05, 0) is 36.4 Å². The minimum absolute atomic E-state index is 0.124. The zero-order chi connectivity index (χ0) is 27.8. The lowest BCUT2D eigenvalue weighted by Gasteiger charge is -2.35. The molecule has 1 aliphatic rings. The Morgan fingerprint density at radius 1 is 0.975 bits per heavy atom. The molecular weight excluding hydrogens is 532 g/mol. The van der Waals surface area contributed by atoms with E-state index in [2.05, 4.69) is 37.5 Å². The van der Waals surface area contributed by atoms with Gasteiger partial charge in [-0.25, -0.2) is 4.98 Å². The number of anilines is 3. The zero-order valence-corrected chi connectivity index (χ0v) is 23.0. The number of halogens is 1. The number of hydrogen-bond donors (Lipinski definition) is 1. The number of carbonyl (C=O) groups excluding carboxylic acids is 1. The first kappa shape index (κ1) is 25.6. The number of hydrogen-bond acceptors (Lipinski definition) is 9. The van der Waals surface area contributed by atoms with Gasteiger partial charge in [0, 0.05) is 73.3 Å². The monoisotopic (exact) mass is 558 g/mol. The normalized spacial score (nSPS) is 13.6. The zero-order valence-electron chi connectivity index (χ0n) is 22.3. The van der Waals surface area contributed by atoms with E-state index >= 15 is 0 Å². The van der Waals surface area contributed by atoms with Crippen LogP contribution in [0.1, 0.15) is 6.92 Å². The van der Waals surface area contributed by atoms with Gasteiger partial charge in [-0.15, -0.1) is 10.2 Å². The van der Waals surface area contributed by atoms with Crippen LogP contribution < -0.4 is 19.7 Å². The molecule has 0 bridgehead atoms. The van der Waals surface area contributed by atoms with Crippen LogP contribution in [0.3, 0.4) is 0 Å². The van der Waals surface area contributed by atoms with Gasteiger partial charge in [0.15, 0.2) is 11.3 Å². The molecule has 1 amide bonds. The maximum Gasteiger partial charge on any atom is 0.229 e. The quantitative estimate of drug-likeness (QED) is 0.324. The van der Waals surface area contributed by atoms with Crippen molar-refractivity contribution in [3.05, 3.63) is 60.0 Å². The number of fused-ring (bicyclic) bond motifs is 3. The van der Waals surface area contributed by atoms with Crippen LogP contribution in [0.5, 0.6) is 11.5 Å². The average Bonchev–Trinajstić information content (AvgIpc) is 3.48. The van der Waals surface area contributed by atoms with Gasteiger partial charge in [-0.1, -0.05) is 11.6 Å². The van der Waals surface area contributed by atoms with Crippen LogP contribution in [0.4, 0.5) is 17.3 Å². The summed E-state index contributed by atoms with van der Waals surface area (Å²) in [5.74, 6) is 1.67. The molecule has 0 saturated carbocycles. The lowest BCUT2D eigenvalue weighted by atomic mass is 10.0. The van der Waals surface area contributed by atoms with Crippen LogP contribution in [0.2, 0.25) is 5.02 Å². The fraction of sp³-hybridized carbons (Fsp3) is 0.250. The van der Waals surface area contributed by atoms with E-state index in [0.717, 1.165) is 48.5 Å². The van der Waals surface area contributed by atoms with Crippen LogP contribution in [0.25, 0.3) is 27.8 Å². The van der Waals surface area contributed by atoms with Crippen LogP contribution in [0.15, 0.2) is 55.0 Å². The third-order valence-electron chi connectivity index (χ3n) is 7.08. The first-order valence-corrected chi connectivity index (χ1v) is 13.1. The predicted octanol–water partition coefficient (Wildman–Crippen LogP) is 4.42. The van der Waals surface area contributed by atoms with Gasteiger partial charge in [0.2, 0.25) is 11.9 Å². The molecule has 1 saturated heterocycles. The van der Waals surface area contributed by atoms with E-state index in [-0.39, 0.29) is 5.91 Å². The highest BCUT2D eigenvalue weighted by Gasteiger charge is 2.20. The number of pyridine rings is 1. The summed E-state index contributed by atoms with van der Waals surface area (Å²) in [6.45, 7) is 4.70. The molecule has 0 radical (unpaired) electrons. The van der Waals surface area contributed by atoms with Crippen LogP contribution >= 0.6 is 11.6 Å². The van der Waals surface area contributed by atoms with Gasteiger partial charge in [0.05, 0.1) is 19.2 Å². The lowest BCUT2D eigenvalue weighted by molar-refractivity contribution is -0.129. The van der Waals surface area contributed by atoms with E-state index in [1.165, 1.54) is 0 Å².